The van der Waals surface area contributed by atoms with Crippen LogP contribution in [-0.4, -0.2) is 69.4 Å². The molecule has 3 aromatic rings. The first-order valence-corrected chi connectivity index (χ1v) is 14.2. The fourth-order valence-corrected chi connectivity index (χ4v) is 6.73. The number of aromatic nitrogens is 1. The number of thiazole rings is 1. The lowest BCUT2D eigenvalue weighted by atomic mass is 10.2. The third kappa shape index (κ3) is 7.14. The van der Waals surface area contributed by atoms with Crippen LogP contribution in [0.5, 0.6) is 0 Å². The van der Waals surface area contributed by atoms with Crippen LogP contribution in [0.25, 0.3) is 10.2 Å². The quantitative estimate of drug-likeness (QED) is 0.343. The molecule has 0 atom stereocenters. The molecule has 1 saturated heterocycles. The zero-order valence-corrected chi connectivity index (χ0v) is 23.0. The maximum atomic E-state index is 13.3. The monoisotopic (exact) mass is 575 g/mol. The number of fused-ring (bicyclic) bond motifs is 1. The Labute approximate surface area is 225 Å². The standard InChI is InChI=1S/C24H27ClFN3O4S2.ClH/c1-17-15-18(25)16-21-23(17)27-24(34-21)29(9-8-28-10-12-33-13-11-28)22(30)3-2-14-35(31,32)20-6-4-19(26)5-7-20;/h4-7,15-16H,2-3,8-14H2,1H3;1H. The number of amides is 1. The SMILES string of the molecule is Cc1cc(Cl)cc2sc(N(CCN3CCOCC3)C(=O)CCCS(=O)(=O)c3ccc(F)cc3)nc12.Cl. The molecule has 12 heteroatoms. The molecule has 0 saturated carbocycles. The summed E-state index contributed by atoms with van der Waals surface area (Å²) in [5.41, 5.74) is 1.73. The lowest BCUT2D eigenvalue weighted by molar-refractivity contribution is -0.118. The second-order valence-corrected chi connectivity index (χ2v) is 12.0. The van der Waals surface area contributed by atoms with E-state index in [0.717, 1.165) is 41.0 Å². The molecule has 1 aliphatic heterocycles. The normalized spacial score (nSPS) is 14.5. The van der Waals surface area contributed by atoms with Crippen molar-refractivity contribution in [3.63, 3.8) is 0 Å². The van der Waals surface area contributed by atoms with Crippen molar-refractivity contribution in [2.45, 2.75) is 24.7 Å². The van der Waals surface area contributed by atoms with E-state index in [4.69, 9.17) is 21.3 Å². The molecule has 2 heterocycles. The van der Waals surface area contributed by atoms with Crippen molar-refractivity contribution in [2.75, 3.05) is 50.0 Å². The van der Waals surface area contributed by atoms with Gasteiger partial charge in [0.25, 0.3) is 0 Å². The summed E-state index contributed by atoms with van der Waals surface area (Å²) in [6.07, 6.45) is 0.210. The van der Waals surface area contributed by atoms with Gasteiger partial charge in [-0.1, -0.05) is 22.9 Å². The van der Waals surface area contributed by atoms with Gasteiger partial charge in [0, 0.05) is 37.6 Å². The lowest BCUT2D eigenvalue weighted by Crippen LogP contribution is -2.43. The molecule has 0 aliphatic carbocycles. The molecule has 1 amide bonds. The molecule has 0 N–H and O–H groups in total. The van der Waals surface area contributed by atoms with Crippen molar-refractivity contribution in [2.24, 2.45) is 0 Å². The first-order chi connectivity index (χ1) is 16.7. The number of nitrogens with zero attached hydrogens (tertiary/aromatic N) is 3. The number of morpholine rings is 1. The summed E-state index contributed by atoms with van der Waals surface area (Å²) in [4.78, 5) is 21.9. The molecule has 1 fully saturated rings. The summed E-state index contributed by atoms with van der Waals surface area (Å²) >= 11 is 7.61. The minimum Gasteiger partial charge on any atom is -0.379 e. The molecular formula is C24H28Cl2FN3O4S2. The molecule has 1 aliphatic rings. The van der Waals surface area contributed by atoms with Gasteiger partial charge >= 0.3 is 0 Å². The number of rotatable bonds is 9. The van der Waals surface area contributed by atoms with Gasteiger partial charge in [-0.05, 0) is 55.3 Å². The van der Waals surface area contributed by atoms with E-state index in [1.165, 1.54) is 23.5 Å². The van der Waals surface area contributed by atoms with Crippen LogP contribution in [0.3, 0.4) is 0 Å². The van der Waals surface area contributed by atoms with Crippen molar-refractivity contribution in [3.05, 3.63) is 52.8 Å². The van der Waals surface area contributed by atoms with Crippen LogP contribution in [-0.2, 0) is 19.4 Å². The van der Waals surface area contributed by atoms with Crippen molar-refractivity contribution < 1.29 is 22.3 Å². The van der Waals surface area contributed by atoms with Gasteiger partial charge in [-0.2, -0.15) is 0 Å². The van der Waals surface area contributed by atoms with Gasteiger partial charge in [0.05, 0.1) is 34.1 Å². The number of aryl methyl sites for hydroxylation is 1. The van der Waals surface area contributed by atoms with Crippen molar-refractivity contribution in [1.82, 2.24) is 9.88 Å². The predicted octanol–water partition coefficient (Wildman–Crippen LogP) is 4.74. The Morgan fingerprint density at radius 2 is 1.92 bits per heavy atom. The van der Waals surface area contributed by atoms with E-state index < -0.39 is 15.7 Å². The van der Waals surface area contributed by atoms with Gasteiger partial charge in [-0.3, -0.25) is 14.6 Å². The number of sulfone groups is 1. The number of carbonyl (C=O) groups excluding carboxylic acids is 1. The van der Waals surface area contributed by atoms with Gasteiger partial charge in [0.1, 0.15) is 5.82 Å². The number of hydrogen-bond donors (Lipinski definition) is 0. The Balaban J connectivity index is 0.00000361. The van der Waals surface area contributed by atoms with Gasteiger partial charge in [-0.15, -0.1) is 12.4 Å². The summed E-state index contributed by atoms with van der Waals surface area (Å²) in [6, 6.07) is 8.41. The lowest BCUT2D eigenvalue weighted by Gasteiger charge is -2.29. The van der Waals surface area contributed by atoms with E-state index in [0.29, 0.717) is 36.5 Å². The fourth-order valence-electron chi connectivity index (χ4n) is 3.96. The third-order valence-electron chi connectivity index (χ3n) is 5.89. The molecule has 36 heavy (non-hydrogen) atoms. The molecule has 2 aromatic carbocycles. The van der Waals surface area contributed by atoms with Crippen LogP contribution in [0.4, 0.5) is 9.52 Å². The summed E-state index contributed by atoms with van der Waals surface area (Å²) < 4.78 is 44.6. The zero-order valence-electron chi connectivity index (χ0n) is 19.8. The number of hydrogen-bond acceptors (Lipinski definition) is 7. The molecule has 0 spiro atoms. The van der Waals surface area contributed by atoms with Crippen LogP contribution < -0.4 is 4.90 Å². The van der Waals surface area contributed by atoms with E-state index in [1.54, 1.807) is 4.90 Å². The highest BCUT2D eigenvalue weighted by atomic mass is 35.5. The third-order valence-corrected chi connectivity index (χ3v) is 8.95. The maximum absolute atomic E-state index is 13.3. The molecule has 1 aromatic heterocycles. The Morgan fingerprint density at radius 1 is 1.22 bits per heavy atom. The minimum absolute atomic E-state index is 0. The largest absolute Gasteiger partial charge is 0.379 e. The number of ether oxygens (including phenoxy) is 1. The smallest absolute Gasteiger partial charge is 0.228 e. The zero-order chi connectivity index (χ0) is 25.0. The summed E-state index contributed by atoms with van der Waals surface area (Å²) in [5.74, 6) is -0.881. The van der Waals surface area contributed by atoms with Gasteiger partial charge < -0.3 is 4.74 Å². The number of benzene rings is 2. The average Bonchev–Trinajstić information content (AvgIpc) is 3.24. The molecule has 196 valence electrons. The van der Waals surface area contributed by atoms with Crippen LogP contribution in [0.15, 0.2) is 41.3 Å². The highest BCUT2D eigenvalue weighted by molar-refractivity contribution is 7.91. The van der Waals surface area contributed by atoms with E-state index in [2.05, 4.69) is 4.90 Å². The van der Waals surface area contributed by atoms with Crippen molar-refractivity contribution >= 4 is 66.4 Å². The summed E-state index contributed by atoms with van der Waals surface area (Å²) in [5, 5.41) is 1.19. The second-order valence-electron chi connectivity index (χ2n) is 8.44. The Kier molecular flexibility index (Phi) is 10.1. The first-order valence-electron chi connectivity index (χ1n) is 11.4. The minimum atomic E-state index is -3.61. The Hall–Kier alpha value is -1.82. The number of halogens is 3. The van der Waals surface area contributed by atoms with Gasteiger partial charge in [-0.25, -0.2) is 17.8 Å². The molecule has 0 bridgehead atoms. The fraction of sp³-hybridized carbons (Fsp3) is 0.417. The molecule has 7 nitrogen and oxygen atoms in total. The number of carbonyl (C=O) groups is 1. The molecule has 0 radical (unpaired) electrons. The number of anilines is 1. The van der Waals surface area contributed by atoms with Gasteiger partial charge in [0.2, 0.25) is 5.91 Å². The van der Waals surface area contributed by atoms with E-state index in [9.17, 15) is 17.6 Å². The first kappa shape index (κ1) is 28.7. The summed E-state index contributed by atoms with van der Waals surface area (Å²) in [7, 11) is -3.61. The van der Waals surface area contributed by atoms with E-state index in [1.807, 2.05) is 19.1 Å². The average molecular weight is 577 g/mol. The Morgan fingerprint density at radius 3 is 2.61 bits per heavy atom. The van der Waals surface area contributed by atoms with Crippen molar-refractivity contribution in [1.29, 1.82) is 0 Å². The van der Waals surface area contributed by atoms with Crippen LogP contribution in [0.2, 0.25) is 5.02 Å². The van der Waals surface area contributed by atoms with Crippen LogP contribution in [0, 0.1) is 12.7 Å². The van der Waals surface area contributed by atoms with Crippen LogP contribution >= 0.6 is 35.3 Å². The molecular weight excluding hydrogens is 548 g/mol. The predicted molar refractivity (Wildman–Crippen MR) is 144 cm³/mol. The van der Waals surface area contributed by atoms with Crippen molar-refractivity contribution in [3.8, 4) is 0 Å². The molecule has 0 unspecified atom stereocenters. The second kappa shape index (κ2) is 12.6. The maximum Gasteiger partial charge on any atom is 0.228 e. The topological polar surface area (TPSA) is 79.8 Å². The molecule has 4 rings (SSSR count). The van der Waals surface area contributed by atoms with Crippen LogP contribution in [0.1, 0.15) is 18.4 Å². The highest BCUT2D eigenvalue weighted by Gasteiger charge is 2.23. The van der Waals surface area contributed by atoms with Gasteiger partial charge in [0.15, 0.2) is 15.0 Å². The highest BCUT2D eigenvalue weighted by Crippen LogP contribution is 2.33. The summed E-state index contributed by atoms with van der Waals surface area (Å²) in [6.45, 7) is 5.95. The Bertz CT molecular complexity index is 1300. The van der Waals surface area contributed by atoms with E-state index >= 15 is 0 Å². The van der Waals surface area contributed by atoms with E-state index in [-0.39, 0.29) is 41.8 Å².